The summed E-state index contributed by atoms with van der Waals surface area (Å²) in [5.41, 5.74) is 10.6. The maximum Gasteiger partial charge on any atom is 0.0996 e. The van der Waals surface area contributed by atoms with Crippen LogP contribution in [0.3, 0.4) is 0 Å². The Morgan fingerprint density at radius 1 is 1.18 bits per heavy atom. The highest BCUT2D eigenvalue weighted by Crippen LogP contribution is 2.25. The van der Waals surface area contributed by atoms with Gasteiger partial charge in [-0.25, -0.2) is 4.98 Å². The van der Waals surface area contributed by atoms with Gasteiger partial charge >= 0.3 is 0 Å². The number of benzene rings is 1. The molecule has 2 heterocycles. The van der Waals surface area contributed by atoms with Crippen molar-refractivity contribution in [2.45, 2.75) is 6.92 Å². The van der Waals surface area contributed by atoms with Crippen molar-refractivity contribution >= 4 is 16.6 Å². The van der Waals surface area contributed by atoms with Crippen molar-refractivity contribution in [1.82, 2.24) is 4.98 Å². The highest BCUT2D eigenvalue weighted by molar-refractivity contribution is 5.87. The van der Waals surface area contributed by atoms with E-state index < -0.39 is 0 Å². The Kier molecular flexibility index (Phi) is 2.11. The van der Waals surface area contributed by atoms with Crippen LogP contribution in [-0.2, 0) is 0 Å². The molecule has 0 spiro atoms. The van der Waals surface area contributed by atoms with Gasteiger partial charge in [0.1, 0.15) is 0 Å². The Balaban J connectivity index is 2.28. The number of pyridine rings is 1. The predicted molar refractivity (Wildman–Crippen MR) is 68.6 cm³/mol. The zero-order chi connectivity index (χ0) is 11.8. The smallest absolute Gasteiger partial charge is 0.0996 e. The Labute approximate surface area is 98.9 Å². The summed E-state index contributed by atoms with van der Waals surface area (Å²) in [7, 11) is 0. The Morgan fingerprint density at radius 2 is 2.06 bits per heavy atom. The SMILES string of the molecule is Cc1cc(-c2ccoc2)nc2ccc(N)cc12. The molecule has 0 radical (unpaired) electrons. The number of hydrogen-bond acceptors (Lipinski definition) is 3. The third-order valence-electron chi connectivity index (χ3n) is 2.86. The fourth-order valence-electron chi connectivity index (χ4n) is 1.97. The zero-order valence-electron chi connectivity index (χ0n) is 9.47. The number of aromatic nitrogens is 1. The van der Waals surface area contributed by atoms with Crippen molar-refractivity contribution in [3.63, 3.8) is 0 Å². The zero-order valence-corrected chi connectivity index (χ0v) is 9.47. The summed E-state index contributed by atoms with van der Waals surface area (Å²) in [6.45, 7) is 2.06. The van der Waals surface area contributed by atoms with Gasteiger partial charge in [0.25, 0.3) is 0 Å². The first-order valence-electron chi connectivity index (χ1n) is 5.43. The van der Waals surface area contributed by atoms with Crippen molar-refractivity contribution in [2.75, 3.05) is 5.73 Å². The van der Waals surface area contributed by atoms with Crippen molar-refractivity contribution < 1.29 is 4.42 Å². The number of anilines is 1. The summed E-state index contributed by atoms with van der Waals surface area (Å²) in [4.78, 5) is 4.60. The molecule has 17 heavy (non-hydrogen) atoms. The first-order chi connectivity index (χ1) is 8.24. The molecule has 0 unspecified atom stereocenters. The highest BCUT2D eigenvalue weighted by atomic mass is 16.3. The van der Waals surface area contributed by atoms with E-state index in [2.05, 4.69) is 11.9 Å². The summed E-state index contributed by atoms with van der Waals surface area (Å²) < 4.78 is 5.08. The molecule has 2 aromatic heterocycles. The number of fused-ring (bicyclic) bond motifs is 1. The van der Waals surface area contributed by atoms with E-state index in [0.717, 1.165) is 27.8 Å². The van der Waals surface area contributed by atoms with Gasteiger partial charge < -0.3 is 10.2 Å². The molecule has 84 valence electrons. The minimum atomic E-state index is 0.762. The summed E-state index contributed by atoms with van der Waals surface area (Å²) in [5.74, 6) is 0. The molecular formula is C14H12N2O. The van der Waals surface area contributed by atoms with Crippen LogP contribution in [0.1, 0.15) is 5.56 Å². The summed E-state index contributed by atoms with van der Waals surface area (Å²) in [6.07, 6.45) is 3.35. The maximum absolute atomic E-state index is 5.78. The molecule has 3 aromatic rings. The van der Waals surface area contributed by atoms with E-state index in [4.69, 9.17) is 10.2 Å². The van der Waals surface area contributed by atoms with Crippen LogP contribution >= 0.6 is 0 Å². The molecule has 3 nitrogen and oxygen atoms in total. The second-order valence-corrected chi connectivity index (χ2v) is 4.11. The van der Waals surface area contributed by atoms with E-state index in [1.807, 2.05) is 30.3 Å². The maximum atomic E-state index is 5.78. The average Bonchev–Trinajstić information content (AvgIpc) is 2.83. The molecule has 0 aliphatic heterocycles. The monoisotopic (exact) mass is 224 g/mol. The highest BCUT2D eigenvalue weighted by Gasteiger charge is 2.06. The minimum Gasteiger partial charge on any atom is -0.472 e. The van der Waals surface area contributed by atoms with E-state index in [0.29, 0.717) is 0 Å². The number of aryl methyl sites for hydroxylation is 1. The molecule has 0 atom stereocenters. The molecule has 0 amide bonds. The van der Waals surface area contributed by atoms with Crippen LogP contribution < -0.4 is 5.73 Å². The quantitative estimate of drug-likeness (QED) is 0.644. The Bertz CT molecular complexity index is 672. The van der Waals surface area contributed by atoms with Gasteiger partial charge in [0, 0.05) is 16.6 Å². The number of nitrogen functional groups attached to an aromatic ring is 1. The van der Waals surface area contributed by atoms with Gasteiger partial charge in [-0.05, 0) is 42.8 Å². The van der Waals surface area contributed by atoms with Gasteiger partial charge in [0.15, 0.2) is 0 Å². The molecular weight excluding hydrogens is 212 g/mol. The normalized spacial score (nSPS) is 10.9. The van der Waals surface area contributed by atoms with E-state index >= 15 is 0 Å². The van der Waals surface area contributed by atoms with Crippen LogP contribution in [0.4, 0.5) is 5.69 Å². The van der Waals surface area contributed by atoms with Crippen LogP contribution in [0.5, 0.6) is 0 Å². The summed E-state index contributed by atoms with van der Waals surface area (Å²) >= 11 is 0. The second-order valence-electron chi connectivity index (χ2n) is 4.11. The number of nitrogens with two attached hydrogens (primary N) is 1. The van der Waals surface area contributed by atoms with Crippen LogP contribution in [0.15, 0.2) is 47.3 Å². The van der Waals surface area contributed by atoms with E-state index in [9.17, 15) is 0 Å². The number of nitrogens with zero attached hydrogens (tertiary/aromatic N) is 1. The molecule has 2 N–H and O–H groups in total. The van der Waals surface area contributed by atoms with Gasteiger partial charge in [-0.1, -0.05) is 0 Å². The molecule has 0 saturated heterocycles. The average molecular weight is 224 g/mol. The fraction of sp³-hybridized carbons (Fsp3) is 0.0714. The largest absolute Gasteiger partial charge is 0.472 e. The predicted octanol–water partition coefficient (Wildman–Crippen LogP) is 3.39. The molecule has 0 aliphatic rings. The lowest BCUT2D eigenvalue weighted by Gasteiger charge is -2.05. The van der Waals surface area contributed by atoms with Crippen LogP contribution in [-0.4, -0.2) is 4.98 Å². The van der Waals surface area contributed by atoms with Crippen LogP contribution in [0.2, 0.25) is 0 Å². The van der Waals surface area contributed by atoms with Gasteiger partial charge in [-0.15, -0.1) is 0 Å². The second kappa shape index (κ2) is 3.63. The van der Waals surface area contributed by atoms with Crippen molar-refractivity contribution in [2.24, 2.45) is 0 Å². The lowest BCUT2D eigenvalue weighted by Crippen LogP contribution is -1.90. The molecule has 3 heteroatoms. The topological polar surface area (TPSA) is 52.0 Å². The van der Waals surface area contributed by atoms with Crippen molar-refractivity contribution in [3.05, 3.63) is 48.4 Å². The van der Waals surface area contributed by atoms with Crippen LogP contribution in [0.25, 0.3) is 22.2 Å². The third kappa shape index (κ3) is 1.65. The summed E-state index contributed by atoms with van der Waals surface area (Å²) in [6, 6.07) is 9.73. The summed E-state index contributed by atoms with van der Waals surface area (Å²) in [5, 5.41) is 1.09. The lowest BCUT2D eigenvalue weighted by atomic mass is 10.1. The fourth-order valence-corrected chi connectivity index (χ4v) is 1.97. The Morgan fingerprint density at radius 3 is 2.82 bits per heavy atom. The third-order valence-corrected chi connectivity index (χ3v) is 2.86. The standard InChI is InChI=1S/C14H12N2O/c1-9-6-14(10-4-5-17-8-10)16-13-3-2-11(15)7-12(9)13/h2-8H,15H2,1H3. The first-order valence-corrected chi connectivity index (χ1v) is 5.43. The van der Waals surface area contributed by atoms with Crippen LogP contribution in [0, 0.1) is 6.92 Å². The van der Waals surface area contributed by atoms with E-state index in [-0.39, 0.29) is 0 Å². The number of furan rings is 1. The first kappa shape index (κ1) is 9.90. The number of hydrogen-bond donors (Lipinski definition) is 1. The molecule has 3 rings (SSSR count). The minimum absolute atomic E-state index is 0.762. The van der Waals surface area contributed by atoms with E-state index in [1.54, 1.807) is 12.5 Å². The van der Waals surface area contributed by atoms with Gasteiger partial charge in [-0.2, -0.15) is 0 Å². The van der Waals surface area contributed by atoms with E-state index in [1.165, 1.54) is 5.56 Å². The molecule has 1 aromatic carbocycles. The molecule has 0 fully saturated rings. The van der Waals surface area contributed by atoms with Gasteiger partial charge in [-0.3, -0.25) is 0 Å². The van der Waals surface area contributed by atoms with Gasteiger partial charge in [0.2, 0.25) is 0 Å². The van der Waals surface area contributed by atoms with Crippen molar-refractivity contribution in [1.29, 1.82) is 0 Å². The molecule has 0 bridgehead atoms. The molecule has 0 saturated carbocycles. The Hall–Kier alpha value is -2.29. The number of rotatable bonds is 1. The van der Waals surface area contributed by atoms with Crippen molar-refractivity contribution in [3.8, 4) is 11.3 Å². The molecule has 0 aliphatic carbocycles. The lowest BCUT2D eigenvalue weighted by molar-refractivity contribution is 0.568. The van der Waals surface area contributed by atoms with Gasteiger partial charge in [0.05, 0.1) is 23.7 Å².